The lowest BCUT2D eigenvalue weighted by Crippen LogP contribution is -2.19. The van der Waals surface area contributed by atoms with Crippen molar-refractivity contribution >= 4 is 28.1 Å². The molecule has 0 amide bonds. The molecule has 3 aromatic rings. The third-order valence-corrected chi connectivity index (χ3v) is 5.27. The minimum absolute atomic E-state index is 0.199. The molecule has 0 saturated heterocycles. The van der Waals surface area contributed by atoms with Gasteiger partial charge in [0.15, 0.2) is 4.34 Å². The highest BCUT2D eigenvalue weighted by atomic mass is 32.2. The molecular formula is C14H14N4OS2. The van der Waals surface area contributed by atoms with Gasteiger partial charge in [-0.05, 0) is 31.9 Å². The van der Waals surface area contributed by atoms with Crippen LogP contribution in [0.25, 0.3) is 4.96 Å². The number of nitrogens with zero attached hydrogens (tertiary/aromatic N) is 4. The zero-order chi connectivity index (χ0) is 15.0. The second-order valence-electron chi connectivity index (χ2n) is 4.87. The Morgan fingerprint density at radius 1 is 1.24 bits per heavy atom. The molecule has 0 aliphatic carbocycles. The van der Waals surface area contributed by atoms with E-state index in [1.54, 1.807) is 18.7 Å². The van der Waals surface area contributed by atoms with Gasteiger partial charge in [0.05, 0.1) is 0 Å². The highest BCUT2D eigenvalue weighted by molar-refractivity contribution is 8.00. The highest BCUT2D eigenvalue weighted by Crippen LogP contribution is 2.27. The lowest BCUT2D eigenvalue weighted by atomic mass is 10.1. The van der Waals surface area contributed by atoms with Crippen molar-refractivity contribution in [2.75, 3.05) is 0 Å². The standard InChI is InChI=1S/C14H14N4OS2/c1-8-4-5-9(2)11(6-8)7-20-14-17-18-12(19)10(3)15-16-13(18)21-14/h4-6H,7H2,1-3H3. The first kappa shape index (κ1) is 14.2. The third-order valence-electron chi connectivity index (χ3n) is 3.18. The number of benzene rings is 1. The Kier molecular flexibility index (Phi) is 3.77. The fourth-order valence-electron chi connectivity index (χ4n) is 1.93. The summed E-state index contributed by atoms with van der Waals surface area (Å²) < 4.78 is 2.16. The summed E-state index contributed by atoms with van der Waals surface area (Å²) in [6, 6.07) is 6.42. The maximum atomic E-state index is 11.9. The number of hydrogen-bond acceptors (Lipinski definition) is 6. The van der Waals surface area contributed by atoms with Gasteiger partial charge in [0.2, 0.25) is 4.96 Å². The van der Waals surface area contributed by atoms with Gasteiger partial charge in [-0.25, -0.2) is 0 Å². The van der Waals surface area contributed by atoms with E-state index in [0.29, 0.717) is 10.7 Å². The quantitative estimate of drug-likeness (QED) is 0.695. The van der Waals surface area contributed by atoms with Gasteiger partial charge in [-0.15, -0.1) is 15.3 Å². The van der Waals surface area contributed by atoms with Crippen LogP contribution in [0.1, 0.15) is 22.4 Å². The molecule has 21 heavy (non-hydrogen) atoms. The van der Waals surface area contributed by atoms with E-state index in [2.05, 4.69) is 47.3 Å². The first-order valence-electron chi connectivity index (χ1n) is 6.46. The van der Waals surface area contributed by atoms with Gasteiger partial charge in [-0.2, -0.15) is 4.52 Å². The molecule has 0 unspecified atom stereocenters. The fourth-order valence-corrected chi connectivity index (χ4v) is 3.86. The van der Waals surface area contributed by atoms with E-state index >= 15 is 0 Å². The van der Waals surface area contributed by atoms with E-state index in [-0.39, 0.29) is 5.56 Å². The summed E-state index contributed by atoms with van der Waals surface area (Å²) in [4.78, 5) is 12.4. The molecule has 5 nitrogen and oxygen atoms in total. The van der Waals surface area contributed by atoms with Crippen molar-refractivity contribution in [3.05, 3.63) is 50.9 Å². The molecular weight excluding hydrogens is 304 g/mol. The van der Waals surface area contributed by atoms with E-state index < -0.39 is 0 Å². The van der Waals surface area contributed by atoms with E-state index in [0.717, 1.165) is 10.1 Å². The molecule has 0 fully saturated rings. The monoisotopic (exact) mass is 318 g/mol. The SMILES string of the molecule is Cc1ccc(C)c(CSc2nn3c(=O)c(C)nnc3s2)c1. The molecule has 2 heterocycles. The van der Waals surface area contributed by atoms with Crippen molar-refractivity contribution in [3.63, 3.8) is 0 Å². The average molecular weight is 318 g/mol. The maximum Gasteiger partial charge on any atom is 0.296 e. The summed E-state index contributed by atoms with van der Waals surface area (Å²) in [5, 5.41) is 12.2. The highest BCUT2D eigenvalue weighted by Gasteiger charge is 2.10. The summed E-state index contributed by atoms with van der Waals surface area (Å²) in [7, 11) is 0. The Balaban J connectivity index is 1.87. The Bertz CT molecular complexity index is 869. The third kappa shape index (κ3) is 2.84. The zero-order valence-corrected chi connectivity index (χ0v) is 13.6. The summed E-state index contributed by atoms with van der Waals surface area (Å²) in [6.07, 6.45) is 0. The van der Waals surface area contributed by atoms with Crippen molar-refractivity contribution in [3.8, 4) is 0 Å². The van der Waals surface area contributed by atoms with Crippen LogP contribution in [0.2, 0.25) is 0 Å². The van der Waals surface area contributed by atoms with Crippen molar-refractivity contribution in [2.45, 2.75) is 30.9 Å². The van der Waals surface area contributed by atoms with Crippen LogP contribution in [0.3, 0.4) is 0 Å². The lowest BCUT2D eigenvalue weighted by molar-refractivity contribution is 0.803. The fraction of sp³-hybridized carbons (Fsp3) is 0.286. The van der Waals surface area contributed by atoms with Gasteiger partial charge < -0.3 is 0 Å². The summed E-state index contributed by atoms with van der Waals surface area (Å²) in [5.41, 5.74) is 3.97. The first-order chi connectivity index (χ1) is 10.0. The minimum atomic E-state index is -0.199. The summed E-state index contributed by atoms with van der Waals surface area (Å²) >= 11 is 3.01. The number of rotatable bonds is 3. The predicted molar refractivity (Wildman–Crippen MR) is 85.1 cm³/mol. The molecule has 0 atom stereocenters. The van der Waals surface area contributed by atoms with Gasteiger partial charge >= 0.3 is 0 Å². The molecule has 0 N–H and O–H groups in total. The van der Waals surface area contributed by atoms with Crippen molar-refractivity contribution in [2.24, 2.45) is 0 Å². The van der Waals surface area contributed by atoms with Gasteiger partial charge in [0.25, 0.3) is 5.56 Å². The van der Waals surface area contributed by atoms with Gasteiger partial charge in [0, 0.05) is 5.75 Å². The molecule has 2 aromatic heterocycles. The van der Waals surface area contributed by atoms with Crippen LogP contribution < -0.4 is 5.56 Å². The van der Waals surface area contributed by atoms with Crippen LogP contribution in [-0.2, 0) is 5.75 Å². The van der Waals surface area contributed by atoms with E-state index in [1.807, 2.05) is 0 Å². The Morgan fingerprint density at radius 3 is 2.86 bits per heavy atom. The number of fused-ring (bicyclic) bond motifs is 1. The van der Waals surface area contributed by atoms with Gasteiger partial charge in [-0.1, -0.05) is 46.9 Å². The molecule has 3 rings (SSSR count). The molecule has 0 aliphatic heterocycles. The normalized spacial score (nSPS) is 11.2. The van der Waals surface area contributed by atoms with Crippen LogP contribution in [0.15, 0.2) is 27.3 Å². The number of thioether (sulfide) groups is 1. The summed E-state index contributed by atoms with van der Waals surface area (Å²) in [6.45, 7) is 5.83. The molecule has 1 aromatic carbocycles. The van der Waals surface area contributed by atoms with Gasteiger partial charge in [-0.3, -0.25) is 4.79 Å². The van der Waals surface area contributed by atoms with E-state index in [9.17, 15) is 4.79 Å². The van der Waals surface area contributed by atoms with Crippen LogP contribution in [0.4, 0.5) is 0 Å². The predicted octanol–water partition coefficient (Wildman–Crippen LogP) is 2.76. The molecule has 0 saturated carbocycles. The van der Waals surface area contributed by atoms with E-state index in [1.165, 1.54) is 32.5 Å². The number of aryl methyl sites for hydroxylation is 3. The van der Waals surface area contributed by atoms with Crippen molar-refractivity contribution in [1.82, 2.24) is 19.8 Å². The smallest absolute Gasteiger partial charge is 0.265 e. The van der Waals surface area contributed by atoms with Crippen LogP contribution in [-0.4, -0.2) is 19.8 Å². The maximum absolute atomic E-state index is 11.9. The molecule has 0 aliphatic rings. The van der Waals surface area contributed by atoms with Gasteiger partial charge in [0.1, 0.15) is 5.69 Å². The molecule has 108 valence electrons. The zero-order valence-electron chi connectivity index (χ0n) is 12.0. The Morgan fingerprint density at radius 2 is 2.05 bits per heavy atom. The van der Waals surface area contributed by atoms with Crippen LogP contribution in [0.5, 0.6) is 0 Å². The van der Waals surface area contributed by atoms with Crippen molar-refractivity contribution in [1.29, 1.82) is 0 Å². The molecule has 7 heteroatoms. The van der Waals surface area contributed by atoms with Crippen LogP contribution >= 0.6 is 23.1 Å². The first-order valence-corrected chi connectivity index (χ1v) is 8.27. The Hall–Kier alpha value is -1.73. The largest absolute Gasteiger partial charge is 0.296 e. The minimum Gasteiger partial charge on any atom is -0.265 e. The van der Waals surface area contributed by atoms with E-state index in [4.69, 9.17) is 0 Å². The van der Waals surface area contributed by atoms with Crippen LogP contribution in [0, 0.1) is 20.8 Å². The molecule has 0 radical (unpaired) electrons. The number of aromatic nitrogens is 4. The number of hydrogen-bond donors (Lipinski definition) is 0. The molecule has 0 bridgehead atoms. The summed E-state index contributed by atoms with van der Waals surface area (Å²) in [5.74, 6) is 0.828. The molecule has 0 spiro atoms. The topological polar surface area (TPSA) is 60.2 Å². The second kappa shape index (κ2) is 5.57. The second-order valence-corrected chi connectivity index (χ2v) is 7.05. The lowest BCUT2D eigenvalue weighted by Gasteiger charge is -2.05. The Labute approximate surface area is 130 Å². The van der Waals surface area contributed by atoms with Crippen molar-refractivity contribution < 1.29 is 0 Å². The average Bonchev–Trinajstić information content (AvgIpc) is 2.88.